The molecular formula is C15H21F3N2O. The van der Waals surface area contributed by atoms with Gasteiger partial charge < -0.3 is 15.0 Å². The van der Waals surface area contributed by atoms with E-state index in [1.54, 1.807) is 26.2 Å². The van der Waals surface area contributed by atoms with Crippen LogP contribution in [0.5, 0.6) is 0 Å². The Kier molecular flexibility index (Phi) is 5.11. The van der Waals surface area contributed by atoms with E-state index in [0.717, 1.165) is 19.4 Å². The lowest BCUT2D eigenvalue weighted by atomic mass is 10.1. The number of nitrogens with zero attached hydrogens (tertiary/aromatic N) is 1. The fourth-order valence-electron chi connectivity index (χ4n) is 2.61. The van der Waals surface area contributed by atoms with Gasteiger partial charge in [-0.15, -0.1) is 0 Å². The van der Waals surface area contributed by atoms with Crippen molar-refractivity contribution in [2.24, 2.45) is 0 Å². The highest BCUT2D eigenvalue weighted by Crippen LogP contribution is 2.34. The molecule has 0 saturated carbocycles. The van der Waals surface area contributed by atoms with Gasteiger partial charge >= 0.3 is 6.18 Å². The van der Waals surface area contributed by atoms with Crippen molar-refractivity contribution in [3.63, 3.8) is 0 Å². The minimum absolute atomic E-state index is 0.112. The average Bonchev–Trinajstić information content (AvgIpc) is 2.91. The second-order valence-corrected chi connectivity index (χ2v) is 5.39. The second-order valence-electron chi connectivity index (χ2n) is 5.39. The van der Waals surface area contributed by atoms with Crippen molar-refractivity contribution >= 4 is 5.69 Å². The zero-order valence-corrected chi connectivity index (χ0v) is 12.3. The first-order chi connectivity index (χ1) is 9.91. The standard InChI is InChI=1S/C15H21F3N2O/c1-19-9-11-5-6-12(8-14(11)15(16,17)18)20(2)10-13-4-3-7-21-13/h5-6,8,13,19H,3-4,7,9-10H2,1-2H3. The van der Waals surface area contributed by atoms with Crippen LogP contribution in [0, 0.1) is 0 Å². The number of alkyl halides is 3. The van der Waals surface area contributed by atoms with Crippen LogP contribution in [0.1, 0.15) is 24.0 Å². The Morgan fingerprint density at radius 3 is 2.71 bits per heavy atom. The summed E-state index contributed by atoms with van der Waals surface area (Å²) in [5.41, 5.74) is 0.255. The molecule has 1 aliphatic heterocycles. The number of benzene rings is 1. The number of anilines is 1. The van der Waals surface area contributed by atoms with E-state index in [1.165, 1.54) is 6.07 Å². The molecule has 0 spiro atoms. The summed E-state index contributed by atoms with van der Waals surface area (Å²) in [5.74, 6) is 0. The lowest BCUT2D eigenvalue weighted by Crippen LogP contribution is -2.29. The smallest absolute Gasteiger partial charge is 0.376 e. The third-order valence-corrected chi connectivity index (χ3v) is 3.71. The maximum absolute atomic E-state index is 13.1. The molecule has 1 heterocycles. The molecule has 1 aromatic carbocycles. The van der Waals surface area contributed by atoms with E-state index in [-0.39, 0.29) is 18.2 Å². The number of hydrogen-bond donors (Lipinski definition) is 1. The third-order valence-electron chi connectivity index (χ3n) is 3.71. The largest absolute Gasteiger partial charge is 0.416 e. The molecule has 1 saturated heterocycles. The van der Waals surface area contributed by atoms with Crippen LogP contribution in [0.2, 0.25) is 0 Å². The van der Waals surface area contributed by atoms with Crippen molar-refractivity contribution in [3.05, 3.63) is 29.3 Å². The van der Waals surface area contributed by atoms with E-state index >= 15 is 0 Å². The summed E-state index contributed by atoms with van der Waals surface area (Å²) in [5, 5.41) is 2.77. The van der Waals surface area contributed by atoms with Gasteiger partial charge in [0.25, 0.3) is 0 Å². The minimum Gasteiger partial charge on any atom is -0.376 e. The highest BCUT2D eigenvalue weighted by Gasteiger charge is 2.33. The summed E-state index contributed by atoms with van der Waals surface area (Å²) >= 11 is 0. The van der Waals surface area contributed by atoms with Gasteiger partial charge in [-0.05, 0) is 37.6 Å². The van der Waals surface area contributed by atoms with E-state index in [2.05, 4.69) is 5.32 Å². The summed E-state index contributed by atoms with van der Waals surface area (Å²) in [4.78, 5) is 1.83. The van der Waals surface area contributed by atoms with Crippen molar-refractivity contribution in [2.45, 2.75) is 31.7 Å². The van der Waals surface area contributed by atoms with E-state index in [1.807, 2.05) is 4.90 Å². The van der Waals surface area contributed by atoms with Crippen LogP contribution in [0.15, 0.2) is 18.2 Å². The molecule has 1 fully saturated rings. The Labute approximate surface area is 123 Å². The Morgan fingerprint density at radius 1 is 1.38 bits per heavy atom. The molecule has 0 amide bonds. The predicted molar refractivity (Wildman–Crippen MR) is 76.5 cm³/mol. The quantitative estimate of drug-likeness (QED) is 0.905. The van der Waals surface area contributed by atoms with Crippen molar-refractivity contribution in [1.29, 1.82) is 0 Å². The van der Waals surface area contributed by atoms with Crippen LogP contribution in [0.3, 0.4) is 0 Å². The van der Waals surface area contributed by atoms with Crippen molar-refractivity contribution < 1.29 is 17.9 Å². The first-order valence-corrected chi connectivity index (χ1v) is 7.09. The van der Waals surface area contributed by atoms with Gasteiger partial charge in [0.05, 0.1) is 11.7 Å². The molecule has 21 heavy (non-hydrogen) atoms. The zero-order chi connectivity index (χ0) is 15.5. The Hall–Kier alpha value is -1.27. The first-order valence-electron chi connectivity index (χ1n) is 7.09. The summed E-state index contributed by atoms with van der Waals surface area (Å²) < 4.78 is 45.0. The molecule has 118 valence electrons. The Bertz CT molecular complexity index is 470. The number of rotatable bonds is 5. The lowest BCUT2D eigenvalue weighted by Gasteiger charge is -2.24. The summed E-state index contributed by atoms with van der Waals surface area (Å²) in [6.07, 6.45) is -2.24. The number of likely N-dealkylation sites (N-methyl/N-ethyl adjacent to an activating group) is 1. The number of hydrogen-bond acceptors (Lipinski definition) is 3. The second kappa shape index (κ2) is 6.66. The molecular weight excluding hydrogens is 281 g/mol. The molecule has 0 aromatic heterocycles. The van der Waals surface area contributed by atoms with Crippen molar-refractivity contribution in [3.8, 4) is 0 Å². The maximum Gasteiger partial charge on any atom is 0.416 e. The molecule has 1 aromatic rings. The Morgan fingerprint density at radius 2 is 2.14 bits per heavy atom. The van der Waals surface area contributed by atoms with Gasteiger partial charge in [0, 0.05) is 32.4 Å². The highest BCUT2D eigenvalue weighted by molar-refractivity contribution is 5.51. The van der Waals surface area contributed by atoms with Gasteiger partial charge in [0.15, 0.2) is 0 Å². The molecule has 1 atom stereocenters. The molecule has 1 aliphatic rings. The van der Waals surface area contributed by atoms with E-state index < -0.39 is 11.7 Å². The monoisotopic (exact) mass is 302 g/mol. The van der Waals surface area contributed by atoms with Crippen LogP contribution in [-0.4, -0.2) is 33.4 Å². The van der Waals surface area contributed by atoms with E-state index in [9.17, 15) is 13.2 Å². The van der Waals surface area contributed by atoms with Crippen LogP contribution in [0.4, 0.5) is 18.9 Å². The van der Waals surface area contributed by atoms with Crippen LogP contribution in [-0.2, 0) is 17.5 Å². The molecule has 6 heteroatoms. The zero-order valence-electron chi connectivity index (χ0n) is 12.3. The van der Waals surface area contributed by atoms with Gasteiger partial charge in [0.1, 0.15) is 0 Å². The third kappa shape index (κ3) is 4.11. The van der Waals surface area contributed by atoms with Gasteiger partial charge in [-0.2, -0.15) is 13.2 Å². The SMILES string of the molecule is CNCc1ccc(N(C)CC2CCCO2)cc1C(F)(F)F. The molecule has 3 nitrogen and oxygen atoms in total. The highest BCUT2D eigenvalue weighted by atomic mass is 19.4. The van der Waals surface area contributed by atoms with Crippen molar-refractivity contribution in [2.75, 3.05) is 32.1 Å². The van der Waals surface area contributed by atoms with Crippen LogP contribution < -0.4 is 10.2 Å². The van der Waals surface area contributed by atoms with Crippen LogP contribution >= 0.6 is 0 Å². The fraction of sp³-hybridized carbons (Fsp3) is 0.600. The topological polar surface area (TPSA) is 24.5 Å². The van der Waals surface area contributed by atoms with Gasteiger partial charge in [-0.1, -0.05) is 6.07 Å². The predicted octanol–water partition coefficient (Wildman–Crippen LogP) is 3.04. The molecule has 1 unspecified atom stereocenters. The number of nitrogens with one attached hydrogen (secondary N) is 1. The minimum atomic E-state index is -4.34. The summed E-state index contributed by atoms with van der Waals surface area (Å²) in [6.45, 7) is 1.56. The van der Waals surface area contributed by atoms with Gasteiger partial charge in [0.2, 0.25) is 0 Å². The van der Waals surface area contributed by atoms with E-state index in [0.29, 0.717) is 12.2 Å². The summed E-state index contributed by atoms with van der Waals surface area (Å²) in [7, 11) is 3.44. The van der Waals surface area contributed by atoms with Gasteiger partial charge in [-0.25, -0.2) is 0 Å². The number of ether oxygens (including phenoxy) is 1. The fourth-order valence-corrected chi connectivity index (χ4v) is 2.61. The molecule has 0 aliphatic carbocycles. The lowest BCUT2D eigenvalue weighted by molar-refractivity contribution is -0.138. The van der Waals surface area contributed by atoms with Gasteiger partial charge in [-0.3, -0.25) is 0 Å². The molecule has 0 radical (unpaired) electrons. The normalized spacial score (nSPS) is 19.0. The Balaban J connectivity index is 2.19. The average molecular weight is 302 g/mol. The van der Waals surface area contributed by atoms with E-state index in [4.69, 9.17) is 4.74 Å². The first kappa shape index (κ1) is 16.1. The number of halogens is 3. The molecule has 1 N–H and O–H groups in total. The molecule has 2 rings (SSSR count). The van der Waals surface area contributed by atoms with Crippen LogP contribution in [0.25, 0.3) is 0 Å². The van der Waals surface area contributed by atoms with Crippen molar-refractivity contribution in [1.82, 2.24) is 5.32 Å². The maximum atomic E-state index is 13.1. The molecule has 0 bridgehead atoms. The summed E-state index contributed by atoms with van der Waals surface area (Å²) in [6, 6.07) is 4.50.